The molecule has 0 aliphatic carbocycles. The van der Waals surface area contributed by atoms with Crippen molar-refractivity contribution in [3.63, 3.8) is 0 Å². The lowest BCUT2D eigenvalue weighted by molar-refractivity contribution is 0.102. The normalized spacial score (nSPS) is 12.0. The molecule has 0 spiro atoms. The first-order valence-corrected chi connectivity index (χ1v) is 10.8. The number of aryl methyl sites for hydroxylation is 1. The fourth-order valence-corrected chi connectivity index (χ4v) is 4.28. The Morgan fingerprint density at radius 3 is 2.38 bits per heavy atom. The highest BCUT2D eigenvalue weighted by molar-refractivity contribution is 7.98. The van der Waals surface area contributed by atoms with Gasteiger partial charge in [-0.15, -0.1) is 11.8 Å². The third-order valence-electron chi connectivity index (χ3n) is 3.53. The van der Waals surface area contributed by atoms with Gasteiger partial charge in [0.05, 0.1) is 4.90 Å². The van der Waals surface area contributed by atoms with E-state index in [2.05, 4.69) is 10.0 Å². The van der Waals surface area contributed by atoms with Crippen molar-refractivity contribution < 1.29 is 13.2 Å². The second-order valence-electron chi connectivity index (χ2n) is 7.02. The molecular formula is C19H24N2O3S2. The van der Waals surface area contributed by atoms with Crippen LogP contribution in [0.5, 0.6) is 0 Å². The summed E-state index contributed by atoms with van der Waals surface area (Å²) in [6.07, 6.45) is 1.96. The monoisotopic (exact) mass is 392 g/mol. The zero-order valence-electron chi connectivity index (χ0n) is 15.6. The van der Waals surface area contributed by atoms with Crippen LogP contribution in [0.15, 0.2) is 52.3 Å². The van der Waals surface area contributed by atoms with Crippen molar-refractivity contribution in [2.24, 2.45) is 0 Å². The van der Waals surface area contributed by atoms with E-state index in [0.29, 0.717) is 16.8 Å². The molecule has 0 atom stereocenters. The summed E-state index contributed by atoms with van der Waals surface area (Å²) in [7, 11) is -3.71. The quantitative estimate of drug-likeness (QED) is 0.753. The zero-order valence-corrected chi connectivity index (χ0v) is 17.2. The molecule has 0 saturated carbocycles. The van der Waals surface area contributed by atoms with Gasteiger partial charge in [0, 0.05) is 21.7 Å². The number of benzene rings is 2. The van der Waals surface area contributed by atoms with Crippen molar-refractivity contribution in [1.29, 1.82) is 0 Å². The van der Waals surface area contributed by atoms with Gasteiger partial charge in [-0.05, 0) is 69.8 Å². The lowest BCUT2D eigenvalue weighted by atomic mass is 10.1. The van der Waals surface area contributed by atoms with Crippen molar-refractivity contribution in [2.45, 2.75) is 43.0 Å². The fraction of sp³-hybridized carbons (Fsp3) is 0.316. The van der Waals surface area contributed by atoms with Crippen molar-refractivity contribution in [3.8, 4) is 0 Å². The number of amides is 1. The minimum Gasteiger partial charge on any atom is -0.322 e. The maximum Gasteiger partial charge on any atom is 0.255 e. The summed E-state index contributed by atoms with van der Waals surface area (Å²) in [5.41, 5.74) is 1.10. The highest BCUT2D eigenvalue weighted by Crippen LogP contribution is 2.22. The van der Waals surface area contributed by atoms with Crippen LogP contribution in [0.25, 0.3) is 0 Å². The van der Waals surface area contributed by atoms with Crippen LogP contribution in [0.2, 0.25) is 0 Å². The molecule has 0 saturated heterocycles. The zero-order chi connectivity index (χ0) is 19.5. The van der Waals surface area contributed by atoms with Crippen molar-refractivity contribution in [3.05, 3.63) is 53.6 Å². The van der Waals surface area contributed by atoms with Crippen LogP contribution < -0.4 is 10.0 Å². The number of sulfonamides is 1. The van der Waals surface area contributed by atoms with E-state index < -0.39 is 15.6 Å². The Kier molecular flexibility index (Phi) is 6.16. The average molecular weight is 393 g/mol. The Balaban J connectivity index is 2.33. The number of anilines is 1. The molecular weight excluding hydrogens is 368 g/mol. The third kappa shape index (κ3) is 5.33. The molecule has 2 aromatic carbocycles. The van der Waals surface area contributed by atoms with E-state index in [1.807, 2.05) is 24.5 Å². The molecule has 0 aliphatic heterocycles. The number of nitrogens with one attached hydrogen (secondary N) is 2. The van der Waals surface area contributed by atoms with Crippen molar-refractivity contribution in [2.75, 3.05) is 11.6 Å². The largest absolute Gasteiger partial charge is 0.322 e. The molecule has 2 aromatic rings. The second kappa shape index (κ2) is 7.82. The molecule has 1 amide bonds. The third-order valence-corrected chi connectivity index (χ3v) is 6.01. The van der Waals surface area contributed by atoms with Crippen LogP contribution in [0.1, 0.15) is 36.7 Å². The minimum absolute atomic E-state index is 0.0704. The Bertz CT molecular complexity index is 917. The first-order valence-electron chi connectivity index (χ1n) is 8.12. The first-order chi connectivity index (χ1) is 12.0. The summed E-state index contributed by atoms with van der Waals surface area (Å²) in [6.45, 7) is 7.09. The Hall–Kier alpha value is -1.83. The molecule has 0 bridgehead atoms. The van der Waals surface area contributed by atoms with E-state index in [1.54, 1.807) is 51.6 Å². The molecule has 0 aliphatic rings. The summed E-state index contributed by atoms with van der Waals surface area (Å²) >= 11 is 1.58. The van der Waals surface area contributed by atoms with E-state index in [-0.39, 0.29) is 10.8 Å². The smallest absolute Gasteiger partial charge is 0.255 e. The Labute approximate surface area is 159 Å². The second-order valence-corrected chi connectivity index (χ2v) is 9.58. The van der Waals surface area contributed by atoms with Gasteiger partial charge in [0.25, 0.3) is 5.91 Å². The maximum absolute atomic E-state index is 12.7. The summed E-state index contributed by atoms with van der Waals surface area (Å²) in [5.74, 6) is -0.339. The molecule has 26 heavy (non-hydrogen) atoms. The number of hydrogen-bond donors (Lipinski definition) is 2. The maximum atomic E-state index is 12.7. The van der Waals surface area contributed by atoms with Gasteiger partial charge in [-0.3, -0.25) is 4.79 Å². The average Bonchev–Trinajstić information content (AvgIpc) is 2.52. The first kappa shape index (κ1) is 20.5. The highest BCUT2D eigenvalue weighted by atomic mass is 32.2. The van der Waals surface area contributed by atoms with Crippen LogP contribution >= 0.6 is 11.8 Å². The lowest BCUT2D eigenvalue weighted by Gasteiger charge is -2.20. The van der Waals surface area contributed by atoms with E-state index in [4.69, 9.17) is 0 Å². The van der Waals surface area contributed by atoms with Crippen LogP contribution in [-0.2, 0) is 10.0 Å². The van der Waals surface area contributed by atoms with Crippen molar-refractivity contribution >= 4 is 33.4 Å². The molecule has 2 N–H and O–H groups in total. The topological polar surface area (TPSA) is 75.3 Å². The molecule has 2 rings (SSSR count). The van der Waals surface area contributed by atoms with Gasteiger partial charge in [0.2, 0.25) is 10.0 Å². The molecule has 0 radical (unpaired) electrons. The van der Waals surface area contributed by atoms with Crippen LogP contribution in [0, 0.1) is 6.92 Å². The highest BCUT2D eigenvalue weighted by Gasteiger charge is 2.23. The number of rotatable bonds is 5. The molecule has 0 unspecified atom stereocenters. The van der Waals surface area contributed by atoms with E-state index in [0.717, 1.165) is 4.90 Å². The molecule has 5 nitrogen and oxygen atoms in total. The van der Waals surface area contributed by atoms with E-state index in [1.165, 1.54) is 12.1 Å². The van der Waals surface area contributed by atoms with Gasteiger partial charge >= 0.3 is 0 Å². The summed E-state index contributed by atoms with van der Waals surface area (Å²) in [4.78, 5) is 13.8. The number of carbonyl (C=O) groups is 1. The van der Waals surface area contributed by atoms with Gasteiger partial charge in [0.15, 0.2) is 0 Å². The van der Waals surface area contributed by atoms with Gasteiger partial charge < -0.3 is 5.32 Å². The molecule has 7 heteroatoms. The summed E-state index contributed by atoms with van der Waals surface area (Å²) < 4.78 is 27.7. The van der Waals surface area contributed by atoms with Gasteiger partial charge in [-0.25, -0.2) is 13.1 Å². The Morgan fingerprint density at radius 2 is 1.77 bits per heavy atom. The number of hydrogen-bond acceptors (Lipinski definition) is 4. The SMILES string of the molecule is CSc1cccc(NC(=O)c2cc(S(=O)(=O)NC(C)(C)C)ccc2C)c1. The van der Waals surface area contributed by atoms with Crippen LogP contribution in [-0.4, -0.2) is 26.1 Å². The van der Waals surface area contributed by atoms with Gasteiger partial charge in [-0.2, -0.15) is 0 Å². The number of thioether (sulfide) groups is 1. The number of carbonyl (C=O) groups excluding carboxylic acids is 1. The van der Waals surface area contributed by atoms with E-state index in [9.17, 15) is 13.2 Å². The van der Waals surface area contributed by atoms with Crippen LogP contribution in [0.3, 0.4) is 0 Å². The standard InChI is InChI=1S/C19H24N2O3S2/c1-13-9-10-16(26(23,24)21-19(2,3)4)12-17(13)18(22)20-14-7-6-8-15(11-14)25-5/h6-12,21H,1-5H3,(H,20,22). The van der Waals surface area contributed by atoms with E-state index >= 15 is 0 Å². The predicted molar refractivity (Wildman–Crippen MR) is 107 cm³/mol. The summed E-state index contributed by atoms with van der Waals surface area (Å²) in [6, 6.07) is 12.1. The van der Waals surface area contributed by atoms with Gasteiger partial charge in [-0.1, -0.05) is 12.1 Å². The lowest BCUT2D eigenvalue weighted by Crippen LogP contribution is -2.40. The molecule has 140 valence electrons. The summed E-state index contributed by atoms with van der Waals surface area (Å²) in [5, 5.41) is 2.83. The fourth-order valence-electron chi connectivity index (χ4n) is 2.37. The molecule has 0 heterocycles. The van der Waals surface area contributed by atoms with Crippen LogP contribution in [0.4, 0.5) is 5.69 Å². The minimum atomic E-state index is -3.71. The van der Waals surface area contributed by atoms with Gasteiger partial charge in [0.1, 0.15) is 0 Å². The molecule has 0 aromatic heterocycles. The predicted octanol–water partition coefficient (Wildman–Crippen LogP) is 4.05. The van der Waals surface area contributed by atoms with Crippen molar-refractivity contribution in [1.82, 2.24) is 4.72 Å². The molecule has 0 fully saturated rings. The Morgan fingerprint density at radius 1 is 1.08 bits per heavy atom.